The van der Waals surface area contributed by atoms with Crippen molar-refractivity contribution in [1.82, 2.24) is 16.0 Å². The number of aliphatic imine (C=N–C) groups is 1. The van der Waals surface area contributed by atoms with Gasteiger partial charge in [0.2, 0.25) is 0 Å². The number of nitrogens with one attached hydrogen (secondary N) is 3. The van der Waals surface area contributed by atoms with Crippen molar-refractivity contribution in [1.29, 1.82) is 0 Å². The number of hydrogen-bond acceptors (Lipinski definition) is 5. The number of ether oxygens (including phenoxy) is 1. The van der Waals surface area contributed by atoms with Crippen LogP contribution in [0, 0.1) is 0 Å². The summed E-state index contributed by atoms with van der Waals surface area (Å²) in [6, 6.07) is 14.2. The highest BCUT2D eigenvalue weighted by Gasteiger charge is 2.34. The third-order valence-corrected chi connectivity index (χ3v) is 5.81. The van der Waals surface area contributed by atoms with Gasteiger partial charge in [0.15, 0.2) is 5.96 Å². The number of benzene rings is 1. The molecule has 2 atom stereocenters. The first-order valence-electron chi connectivity index (χ1n) is 11.1. The van der Waals surface area contributed by atoms with Crippen LogP contribution in [0.5, 0.6) is 0 Å². The van der Waals surface area contributed by atoms with Gasteiger partial charge in [0.1, 0.15) is 11.4 Å². The van der Waals surface area contributed by atoms with E-state index in [0.717, 1.165) is 32.6 Å². The standard InChI is InChI=1S/C24H36N4O3/c1-4-25-22(26-17-23(3,29)21-11-8-14-31-21)27-18-24(12-15-30-16-13-24)28-19(2)20-9-6-5-7-10-20/h5-11,14,19,28-29H,4,12-13,15-18H2,1-3H3,(H2,25,26,27). The molecule has 4 N–H and O–H groups in total. The van der Waals surface area contributed by atoms with Crippen LogP contribution in [0.1, 0.15) is 51.0 Å². The maximum absolute atomic E-state index is 10.7. The van der Waals surface area contributed by atoms with Crippen LogP contribution < -0.4 is 16.0 Å². The van der Waals surface area contributed by atoms with E-state index >= 15 is 0 Å². The molecule has 31 heavy (non-hydrogen) atoms. The summed E-state index contributed by atoms with van der Waals surface area (Å²) in [6.45, 7) is 9.05. The van der Waals surface area contributed by atoms with Crippen molar-refractivity contribution >= 4 is 5.96 Å². The molecule has 0 bridgehead atoms. The van der Waals surface area contributed by atoms with Crippen LogP contribution in [0.2, 0.25) is 0 Å². The van der Waals surface area contributed by atoms with E-state index in [1.54, 1.807) is 25.3 Å². The second-order valence-corrected chi connectivity index (χ2v) is 8.47. The number of aliphatic hydroxyl groups is 1. The lowest BCUT2D eigenvalue weighted by Gasteiger charge is -2.41. The van der Waals surface area contributed by atoms with E-state index in [9.17, 15) is 5.11 Å². The topological polar surface area (TPSA) is 91.1 Å². The van der Waals surface area contributed by atoms with Crippen molar-refractivity contribution in [2.45, 2.75) is 50.8 Å². The van der Waals surface area contributed by atoms with Crippen LogP contribution in [0.4, 0.5) is 0 Å². The van der Waals surface area contributed by atoms with E-state index in [2.05, 4.69) is 52.1 Å². The fourth-order valence-electron chi connectivity index (χ4n) is 3.91. The first-order chi connectivity index (χ1) is 14.9. The Labute approximate surface area is 185 Å². The van der Waals surface area contributed by atoms with Crippen molar-refractivity contribution in [2.75, 3.05) is 32.8 Å². The summed E-state index contributed by atoms with van der Waals surface area (Å²) in [7, 11) is 0. The van der Waals surface area contributed by atoms with Crippen LogP contribution in [-0.2, 0) is 10.3 Å². The molecule has 2 unspecified atom stereocenters. The average molecular weight is 429 g/mol. The van der Waals surface area contributed by atoms with Crippen LogP contribution in [0.3, 0.4) is 0 Å². The molecule has 0 saturated carbocycles. The zero-order chi connectivity index (χ0) is 22.2. The molecule has 1 aliphatic rings. The van der Waals surface area contributed by atoms with Gasteiger partial charge in [0.25, 0.3) is 0 Å². The molecular formula is C24H36N4O3. The van der Waals surface area contributed by atoms with E-state index in [4.69, 9.17) is 9.15 Å². The predicted molar refractivity (Wildman–Crippen MR) is 123 cm³/mol. The van der Waals surface area contributed by atoms with Gasteiger partial charge in [-0.3, -0.25) is 0 Å². The summed E-state index contributed by atoms with van der Waals surface area (Å²) in [6.07, 6.45) is 3.40. The van der Waals surface area contributed by atoms with Crippen LogP contribution in [-0.4, -0.2) is 49.5 Å². The highest BCUT2D eigenvalue weighted by atomic mass is 16.5. The van der Waals surface area contributed by atoms with Gasteiger partial charge in [-0.25, -0.2) is 4.99 Å². The normalized spacial score (nSPS) is 19.4. The fourth-order valence-corrected chi connectivity index (χ4v) is 3.91. The quantitative estimate of drug-likeness (QED) is 0.363. The monoisotopic (exact) mass is 428 g/mol. The van der Waals surface area contributed by atoms with Gasteiger partial charge >= 0.3 is 0 Å². The summed E-state index contributed by atoms with van der Waals surface area (Å²) in [5.41, 5.74) is -0.00126. The van der Waals surface area contributed by atoms with Gasteiger partial charge in [-0.15, -0.1) is 0 Å². The Balaban J connectivity index is 1.67. The molecule has 7 nitrogen and oxygen atoms in total. The molecule has 1 fully saturated rings. The molecule has 0 amide bonds. The van der Waals surface area contributed by atoms with Gasteiger partial charge in [-0.1, -0.05) is 30.3 Å². The van der Waals surface area contributed by atoms with E-state index in [0.29, 0.717) is 18.3 Å². The minimum absolute atomic E-state index is 0.104. The van der Waals surface area contributed by atoms with E-state index in [-0.39, 0.29) is 18.1 Å². The highest BCUT2D eigenvalue weighted by molar-refractivity contribution is 5.79. The van der Waals surface area contributed by atoms with Gasteiger partial charge in [-0.05, 0) is 51.3 Å². The third-order valence-electron chi connectivity index (χ3n) is 5.81. The number of furan rings is 1. The largest absolute Gasteiger partial charge is 0.466 e. The van der Waals surface area contributed by atoms with Crippen molar-refractivity contribution in [3.8, 4) is 0 Å². The van der Waals surface area contributed by atoms with Gasteiger partial charge in [0, 0.05) is 37.9 Å². The minimum atomic E-state index is -1.16. The third kappa shape index (κ3) is 6.56. The van der Waals surface area contributed by atoms with Crippen LogP contribution in [0.15, 0.2) is 58.1 Å². The highest BCUT2D eigenvalue weighted by Crippen LogP contribution is 2.25. The van der Waals surface area contributed by atoms with Crippen molar-refractivity contribution < 1.29 is 14.3 Å². The molecule has 3 rings (SSSR count). The average Bonchev–Trinajstić information content (AvgIpc) is 3.33. The van der Waals surface area contributed by atoms with Crippen molar-refractivity contribution in [3.63, 3.8) is 0 Å². The molecule has 7 heteroatoms. The lowest BCUT2D eigenvalue weighted by molar-refractivity contribution is 0.0353. The lowest BCUT2D eigenvalue weighted by Crippen LogP contribution is -2.58. The molecule has 1 aromatic carbocycles. The molecule has 2 heterocycles. The van der Waals surface area contributed by atoms with E-state index in [1.807, 2.05) is 13.0 Å². The number of nitrogens with zero attached hydrogens (tertiary/aromatic N) is 1. The number of rotatable bonds is 9. The molecule has 2 aromatic rings. The smallest absolute Gasteiger partial charge is 0.191 e. The first kappa shape index (κ1) is 23.3. The molecule has 0 radical (unpaired) electrons. The molecule has 0 aliphatic carbocycles. The van der Waals surface area contributed by atoms with Crippen LogP contribution in [0.25, 0.3) is 0 Å². The Bertz CT molecular complexity index is 799. The minimum Gasteiger partial charge on any atom is -0.466 e. The lowest BCUT2D eigenvalue weighted by atomic mass is 9.88. The van der Waals surface area contributed by atoms with Gasteiger partial charge in [-0.2, -0.15) is 0 Å². The SMILES string of the molecule is CCNC(=NCC(C)(O)c1ccco1)NCC1(NC(C)c2ccccc2)CCOCC1. The summed E-state index contributed by atoms with van der Waals surface area (Å²) in [5, 5.41) is 21.3. The first-order valence-corrected chi connectivity index (χ1v) is 11.1. The summed E-state index contributed by atoms with van der Waals surface area (Å²) in [4.78, 5) is 4.62. The van der Waals surface area contributed by atoms with E-state index < -0.39 is 5.60 Å². The molecule has 1 saturated heterocycles. The maximum Gasteiger partial charge on any atom is 0.191 e. The van der Waals surface area contributed by atoms with Crippen molar-refractivity contribution in [2.24, 2.45) is 4.99 Å². The van der Waals surface area contributed by atoms with Crippen LogP contribution >= 0.6 is 0 Å². The van der Waals surface area contributed by atoms with E-state index in [1.165, 1.54) is 5.56 Å². The Morgan fingerprint density at radius 2 is 1.90 bits per heavy atom. The zero-order valence-electron chi connectivity index (χ0n) is 18.9. The predicted octanol–water partition coefficient (Wildman–Crippen LogP) is 2.94. The zero-order valence-corrected chi connectivity index (χ0v) is 18.9. The summed E-state index contributed by atoms with van der Waals surface area (Å²) < 4.78 is 11.0. The molecule has 170 valence electrons. The molecule has 1 aromatic heterocycles. The van der Waals surface area contributed by atoms with Gasteiger partial charge < -0.3 is 30.2 Å². The molecule has 1 aliphatic heterocycles. The Kier molecular flexibility index (Phi) is 8.12. The van der Waals surface area contributed by atoms with Gasteiger partial charge in [0.05, 0.1) is 12.8 Å². The summed E-state index contributed by atoms with van der Waals surface area (Å²) in [5.74, 6) is 1.18. The molecule has 0 spiro atoms. The second kappa shape index (κ2) is 10.8. The molecular weight excluding hydrogens is 392 g/mol. The Hall–Kier alpha value is -2.35. The Morgan fingerprint density at radius 3 is 2.55 bits per heavy atom. The number of guanidine groups is 1. The maximum atomic E-state index is 10.7. The Morgan fingerprint density at radius 1 is 1.16 bits per heavy atom. The number of hydrogen-bond donors (Lipinski definition) is 4. The van der Waals surface area contributed by atoms with Crippen molar-refractivity contribution in [3.05, 3.63) is 60.1 Å². The second-order valence-electron chi connectivity index (χ2n) is 8.47. The summed E-state index contributed by atoms with van der Waals surface area (Å²) >= 11 is 0. The fraction of sp³-hybridized carbons (Fsp3) is 0.542.